The van der Waals surface area contributed by atoms with Crippen LogP contribution in [0, 0.1) is 5.92 Å². The predicted molar refractivity (Wildman–Crippen MR) is 143 cm³/mol. The molecule has 2 unspecified atom stereocenters. The van der Waals surface area contributed by atoms with E-state index in [2.05, 4.69) is 23.9 Å². The molecule has 3 aromatic carbocycles. The largest absolute Gasteiger partial charge is 0.334 e. The summed E-state index contributed by atoms with van der Waals surface area (Å²) in [5.41, 5.74) is 0.609. The first kappa shape index (κ1) is 25.5. The monoisotopic (exact) mass is 513 g/mol. The number of sulfonamides is 1. The zero-order chi connectivity index (χ0) is 25.0. The Morgan fingerprint density at radius 2 is 1.91 bits per heavy atom. The van der Waals surface area contributed by atoms with Crippen LogP contribution in [-0.4, -0.2) is 44.9 Å². The maximum Gasteiger partial charge on any atom is 0.261 e. The number of fused-ring (bicyclic) bond motifs is 1. The van der Waals surface area contributed by atoms with Gasteiger partial charge in [0.05, 0.1) is 15.5 Å². The van der Waals surface area contributed by atoms with Gasteiger partial charge in [0.1, 0.15) is 0 Å². The molecule has 4 rings (SSSR count). The molecule has 3 aromatic rings. The van der Waals surface area contributed by atoms with Crippen LogP contribution in [0.5, 0.6) is 0 Å². The third-order valence-corrected chi connectivity index (χ3v) is 8.36. The Morgan fingerprint density at radius 3 is 2.69 bits per heavy atom. The molecule has 2 N–H and O–H groups in total. The minimum atomic E-state index is -3.85. The first-order chi connectivity index (χ1) is 16.8. The standard InChI is InChI=1S/C27H32ClN3O3S/c1-3-7-19(2)26-18-29-14-6-15-31(26)27(32)24-17-22(11-13-25(24)28)30-35(33,34)23-12-10-20-8-4-5-9-21(20)16-23/h4-5,8-13,16-17,19,26,29-30H,3,6-7,14-15,18H2,1-2H3. The van der Waals surface area contributed by atoms with E-state index in [9.17, 15) is 13.2 Å². The summed E-state index contributed by atoms with van der Waals surface area (Å²) in [5, 5.41) is 5.55. The van der Waals surface area contributed by atoms with Gasteiger partial charge in [0, 0.05) is 24.8 Å². The molecule has 1 fully saturated rings. The van der Waals surface area contributed by atoms with Crippen molar-refractivity contribution in [3.63, 3.8) is 0 Å². The molecule has 1 heterocycles. The molecule has 8 heteroatoms. The van der Waals surface area contributed by atoms with Crippen LogP contribution < -0.4 is 10.0 Å². The highest BCUT2D eigenvalue weighted by molar-refractivity contribution is 7.92. The maximum absolute atomic E-state index is 13.7. The summed E-state index contributed by atoms with van der Waals surface area (Å²) in [6, 6.07) is 17.4. The number of hydrogen-bond acceptors (Lipinski definition) is 4. The summed E-state index contributed by atoms with van der Waals surface area (Å²) < 4.78 is 28.9. The summed E-state index contributed by atoms with van der Waals surface area (Å²) in [7, 11) is -3.85. The van der Waals surface area contributed by atoms with Crippen molar-refractivity contribution in [1.29, 1.82) is 0 Å². The van der Waals surface area contributed by atoms with Gasteiger partial charge < -0.3 is 10.2 Å². The van der Waals surface area contributed by atoms with E-state index < -0.39 is 10.0 Å². The number of amides is 1. The molecule has 6 nitrogen and oxygen atoms in total. The third kappa shape index (κ3) is 5.80. The van der Waals surface area contributed by atoms with Crippen LogP contribution in [-0.2, 0) is 10.0 Å². The normalized spacial score (nSPS) is 17.7. The predicted octanol–water partition coefficient (Wildman–Crippen LogP) is 5.53. The minimum absolute atomic E-state index is 0.0546. The fraction of sp³-hybridized carbons (Fsp3) is 0.370. The Labute approximate surface area is 212 Å². The summed E-state index contributed by atoms with van der Waals surface area (Å²) in [5.74, 6) is 0.168. The molecule has 0 saturated carbocycles. The first-order valence-electron chi connectivity index (χ1n) is 12.1. The number of carbonyl (C=O) groups is 1. The molecule has 0 aliphatic carbocycles. The summed E-state index contributed by atoms with van der Waals surface area (Å²) in [4.78, 5) is 15.7. The van der Waals surface area contributed by atoms with E-state index in [-0.39, 0.29) is 16.8 Å². The van der Waals surface area contributed by atoms with Crippen molar-refractivity contribution in [1.82, 2.24) is 10.2 Å². The fourth-order valence-electron chi connectivity index (χ4n) is 4.76. The lowest BCUT2D eigenvalue weighted by Gasteiger charge is -2.34. The highest BCUT2D eigenvalue weighted by Gasteiger charge is 2.31. The molecule has 1 saturated heterocycles. The second kappa shape index (κ2) is 11.0. The van der Waals surface area contributed by atoms with Crippen molar-refractivity contribution >= 4 is 44.0 Å². The van der Waals surface area contributed by atoms with E-state index in [1.807, 2.05) is 29.2 Å². The molecule has 35 heavy (non-hydrogen) atoms. The molecule has 1 amide bonds. The van der Waals surface area contributed by atoms with Crippen LogP contribution in [0.1, 0.15) is 43.5 Å². The van der Waals surface area contributed by atoms with E-state index in [0.717, 1.165) is 43.1 Å². The zero-order valence-electron chi connectivity index (χ0n) is 20.1. The van der Waals surface area contributed by atoms with E-state index in [0.29, 0.717) is 28.7 Å². The van der Waals surface area contributed by atoms with Gasteiger partial charge in [0.2, 0.25) is 0 Å². The lowest BCUT2D eigenvalue weighted by molar-refractivity contribution is 0.0631. The van der Waals surface area contributed by atoms with Crippen LogP contribution in [0.25, 0.3) is 10.8 Å². The van der Waals surface area contributed by atoms with Crippen molar-refractivity contribution in [2.45, 2.75) is 44.0 Å². The smallest absolute Gasteiger partial charge is 0.261 e. The molecule has 186 valence electrons. The van der Waals surface area contributed by atoms with Crippen molar-refractivity contribution in [3.8, 4) is 0 Å². The van der Waals surface area contributed by atoms with Crippen molar-refractivity contribution < 1.29 is 13.2 Å². The van der Waals surface area contributed by atoms with Crippen LogP contribution in [0.15, 0.2) is 65.6 Å². The summed E-state index contributed by atoms with van der Waals surface area (Å²) >= 11 is 6.45. The van der Waals surface area contributed by atoms with Crippen LogP contribution in [0.4, 0.5) is 5.69 Å². The molecule has 0 spiro atoms. The number of carbonyl (C=O) groups excluding carboxylic acids is 1. The van der Waals surface area contributed by atoms with Gasteiger partial charge in [-0.3, -0.25) is 9.52 Å². The van der Waals surface area contributed by atoms with Gasteiger partial charge in [0.25, 0.3) is 15.9 Å². The van der Waals surface area contributed by atoms with Crippen molar-refractivity contribution in [3.05, 3.63) is 71.2 Å². The molecule has 0 aromatic heterocycles. The number of nitrogens with one attached hydrogen (secondary N) is 2. The van der Waals surface area contributed by atoms with Gasteiger partial charge in [-0.05, 0) is 66.4 Å². The Bertz CT molecular complexity index is 1310. The second-order valence-corrected chi connectivity index (χ2v) is 11.3. The highest BCUT2D eigenvalue weighted by Crippen LogP contribution is 2.28. The van der Waals surface area contributed by atoms with Crippen LogP contribution in [0.2, 0.25) is 5.02 Å². The minimum Gasteiger partial charge on any atom is -0.334 e. The summed E-state index contributed by atoms with van der Waals surface area (Å²) in [6.07, 6.45) is 2.93. The molecule has 1 aliphatic rings. The van der Waals surface area contributed by atoms with Gasteiger partial charge in [0.15, 0.2) is 0 Å². The molecular formula is C27H32ClN3O3S. The van der Waals surface area contributed by atoms with E-state index in [1.165, 1.54) is 0 Å². The highest BCUT2D eigenvalue weighted by atomic mass is 35.5. The van der Waals surface area contributed by atoms with E-state index in [4.69, 9.17) is 11.6 Å². The molecular weight excluding hydrogens is 482 g/mol. The Kier molecular flexibility index (Phi) is 7.99. The van der Waals surface area contributed by atoms with Crippen molar-refractivity contribution in [2.24, 2.45) is 5.92 Å². The molecule has 2 atom stereocenters. The average Bonchev–Trinajstić information content (AvgIpc) is 3.11. The van der Waals surface area contributed by atoms with Gasteiger partial charge in [-0.1, -0.05) is 62.2 Å². The third-order valence-electron chi connectivity index (χ3n) is 6.65. The van der Waals surface area contributed by atoms with Crippen LogP contribution >= 0.6 is 11.6 Å². The Hall–Kier alpha value is -2.61. The quantitative estimate of drug-likeness (QED) is 0.435. The van der Waals surface area contributed by atoms with Crippen LogP contribution in [0.3, 0.4) is 0 Å². The van der Waals surface area contributed by atoms with Crippen molar-refractivity contribution in [2.75, 3.05) is 24.4 Å². The number of halogens is 1. The number of anilines is 1. The number of hydrogen-bond donors (Lipinski definition) is 2. The molecule has 0 radical (unpaired) electrons. The zero-order valence-corrected chi connectivity index (χ0v) is 21.7. The lowest BCUT2D eigenvalue weighted by Crippen LogP contribution is -2.47. The van der Waals surface area contributed by atoms with E-state index in [1.54, 1.807) is 36.4 Å². The fourth-order valence-corrected chi connectivity index (χ4v) is 6.05. The second-order valence-electron chi connectivity index (χ2n) is 9.20. The number of benzene rings is 3. The molecule has 0 bridgehead atoms. The Morgan fingerprint density at radius 1 is 1.14 bits per heavy atom. The lowest BCUT2D eigenvalue weighted by atomic mass is 9.94. The maximum atomic E-state index is 13.7. The average molecular weight is 514 g/mol. The summed E-state index contributed by atoms with van der Waals surface area (Å²) in [6.45, 7) is 6.55. The number of nitrogens with zero attached hydrogens (tertiary/aromatic N) is 1. The Balaban J connectivity index is 1.61. The first-order valence-corrected chi connectivity index (χ1v) is 14.0. The number of rotatable bonds is 7. The van der Waals surface area contributed by atoms with Gasteiger partial charge in [-0.15, -0.1) is 0 Å². The van der Waals surface area contributed by atoms with Gasteiger partial charge in [-0.25, -0.2) is 8.42 Å². The molecule has 1 aliphatic heterocycles. The SMILES string of the molecule is CCCC(C)C1CNCCCN1C(=O)c1cc(NS(=O)(=O)c2ccc3ccccc3c2)ccc1Cl. The van der Waals surface area contributed by atoms with E-state index >= 15 is 0 Å². The van der Waals surface area contributed by atoms with Gasteiger partial charge >= 0.3 is 0 Å². The topological polar surface area (TPSA) is 78.5 Å². The van der Waals surface area contributed by atoms with Gasteiger partial charge in [-0.2, -0.15) is 0 Å².